The first-order chi connectivity index (χ1) is 17.8. The van der Waals surface area contributed by atoms with Crippen LogP contribution in [0.15, 0.2) is 48.5 Å². The third-order valence-corrected chi connectivity index (χ3v) is 6.09. The Morgan fingerprint density at radius 1 is 1.13 bits per heavy atom. The Labute approximate surface area is 219 Å². The predicted molar refractivity (Wildman–Crippen MR) is 135 cm³/mol. The molecular weight excluding hydrogens is 502 g/mol. The molecule has 206 valence electrons. The second kappa shape index (κ2) is 12.0. The van der Waals surface area contributed by atoms with Crippen molar-refractivity contribution < 1.29 is 27.5 Å². The van der Waals surface area contributed by atoms with Crippen molar-refractivity contribution in [1.29, 1.82) is 0 Å². The second-order valence-electron chi connectivity index (χ2n) is 10.3. The predicted octanol–water partition coefficient (Wildman–Crippen LogP) is 4.55. The number of rotatable bonds is 10. The molecule has 0 aliphatic heterocycles. The van der Waals surface area contributed by atoms with Gasteiger partial charge < -0.3 is 15.7 Å². The normalized spacial score (nSPS) is 14.4. The van der Waals surface area contributed by atoms with Crippen LogP contribution < -0.4 is 5.73 Å². The van der Waals surface area contributed by atoms with E-state index < -0.39 is 47.6 Å². The molecule has 3 N–H and O–H groups in total. The van der Waals surface area contributed by atoms with Gasteiger partial charge in [0.05, 0.1) is 24.2 Å². The standard InChI is InChI=1S/C27H33F4N5O2/c1-16(37)26(38)35(13-12-21(32)23(30)31)22(27(2,3)4)25-33-24(19-14-18(28)10-11-20(19)29)34-36(25)15-17-8-6-5-7-9-17/h5-11,14,16,21-23,37H,12-13,15,32H2,1-4H3/t16-,21-,22-/m0/s1. The summed E-state index contributed by atoms with van der Waals surface area (Å²) in [7, 11) is 0. The van der Waals surface area contributed by atoms with Crippen LogP contribution in [0.3, 0.4) is 0 Å². The summed E-state index contributed by atoms with van der Waals surface area (Å²) in [4.78, 5) is 19.0. The quantitative estimate of drug-likeness (QED) is 0.371. The summed E-state index contributed by atoms with van der Waals surface area (Å²) in [6.45, 7) is 6.72. The number of alkyl halides is 2. The molecule has 0 saturated carbocycles. The van der Waals surface area contributed by atoms with Crippen LogP contribution in [0.2, 0.25) is 0 Å². The summed E-state index contributed by atoms with van der Waals surface area (Å²) >= 11 is 0. The molecule has 3 aromatic rings. The molecule has 0 saturated heterocycles. The van der Waals surface area contributed by atoms with Crippen LogP contribution >= 0.6 is 0 Å². The minimum atomic E-state index is -2.80. The van der Waals surface area contributed by atoms with Gasteiger partial charge in [-0.3, -0.25) is 4.79 Å². The monoisotopic (exact) mass is 535 g/mol. The smallest absolute Gasteiger partial charge is 0.253 e. The number of nitrogens with zero attached hydrogens (tertiary/aromatic N) is 4. The third-order valence-electron chi connectivity index (χ3n) is 6.09. The van der Waals surface area contributed by atoms with E-state index in [0.29, 0.717) is 0 Å². The minimum absolute atomic E-state index is 0.101. The Bertz CT molecular complexity index is 1230. The molecule has 11 heteroatoms. The lowest BCUT2D eigenvalue weighted by molar-refractivity contribution is -0.145. The molecule has 2 aromatic carbocycles. The van der Waals surface area contributed by atoms with Crippen LogP contribution in [0.4, 0.5) is 17.6 Å². The van der Waals surface area contributed by atoms with Gasteiger partial charge in [-0.25, -0.2) is 27.2 Å². The molecule has 1 amide bonds. The van der Waals surface area contributed by atoms with Crippen LogP contribution in [0.25, 0.3) is 11.4 Å². The lowest BCUT2D eigenvalue weighted by atomic mass is 9.84. The number of carbonyl (C=O) groups excluding carboxylic acids is 1. The Morgan fingerprint density at radius 2 is 1.79 bits per heavy atom. The third kappa shape index (κ3) is 6.96. The first-order valence-corrected chi connectivity index (χ1v) is 12.3. The van der Waals surface area contributed by atoms with E-state index >= 15 is 0 Å². The van der Waals surface area contributed by atoms with Gasteiger partial charge in [0.2, 0.25) is 0 Å². The Hall–Kier alpha value is -3.31. The zero-order valence-corrected chi connectivity index (χ0v) is 21.8. The molecule has 0 aliphatic carbocycles. The van der Waals surface area contributed by atoms with Gasteiger partial charge in [-0.1, -0.05) is 51.1 Å². The lowest BCUT2D eigenvalue weighted by Gasteiger charge is -2.40. The first-order valence-electron chi connectivity index (χ1n) is 12.3. The summed E-state index contributed by atoms with van der Waals surface area (Å²) in [5.41, 5.74) is 5.48. The highest BCUT2D eigenvalue weighted by molar-refractivity contribution is 5.80. The van der Waals surface area contributed by atoms with E-state index in [0.717, 1.165) is 23.8 Å². The molecule has 1 aromatic heterocycles. The van der Waals surface area contributed by atoms with Crippen LogP contribution in [0.1, 0.15) is 51.5 Å². The molecule has 0 unspecified atom stereocenters. The topological polar surface area (TPSA) is 97.3 Å². The number of benzene rings is 2. The summed E-state index contributed by atoms with van der Waals surface area (Å²) in [6.07, 6.45) is -4.47. The number of aliphatic hydroxyl groups excluding tert-OH is 1. The van der Waals surface area contributed by atoms with E-state index in [1.165, 1.54) is 16.5 Å². The number of amides is 1. The van der Waals surface area contributed by atoms with Crippen LogP contribution in [0.5, 0.6) is 0 Å². The molecule has 0 radical (unpaired) electrons. The van der Waals surface area contributed by atoms with Gasteiger partial charge in [-0.15, -0.1) is 0 Å². The SMILES string of the molecule is C[C@H](O)C(=O)N(CC[C@H](N)C(F)F)[C@@H](c1nc(-c2cc(F)ccc2F)nn1Cc1ccccc1)C(C)(C)C. The number of carbonyl (C=O) groups is 1. The van der Waals surface area contributed by atoms with Gasteiger partial charge in [0, 0.05) is 6.54 Å². The maximum Gasteiger partial charge on any atom is 0.253 e. The summed E-state index contributed by atoms with van der Waals surface area (Å²) in [5.74, 6) is -2.00. The van der Waals surface area contributed by atoms with Gasteiger partial charge in [0.15, 0.2) is 11.6 Å². The van der Waals surface area contributed by atoms with Crippen molar-refractivity contribution in [3.8, 4) is 11.4 Å². The average Bonchev–Trinajstić information content (AvgIpc) is 3.24. The van der Waals surface area contributed by atoms with Crippen molar-refractivity contribution in [1.82, 2.24) is 19.7 Å². The zero-order valence-electron chi connectivity index (χ0n) is 21.8. The van der Waals surface area contributed by atoms with Crippen molar-refractivity contribution in [2.45, 2.75) is 65.3 Å². The van der Waals surface area contributed by atoms with Crippen LogP contribution in [-0.4, -0.2) is 55.8 Å². The zero-order chi connectivity index (χ0) is 28.2. The molecule has 1 heterocycles. The molecule has 38 heavy (non-hydrogen) atoms. The molecule has 0 spiro atoms. The average molecular weight is 536 g/mol. The van der Waals surface area contributed by atoms with Gasteiger partial charge >= 0.3 is 0 Å². The first kappa shape index (κ1) is 29.2. The molecule has 7 nitrogen and oxygen atoms in total. The fraction of sp³-hybridized carbons (Fsp3) is 0.444. The van der Waals surface area contributed by atoms with Gasteiger partial charge in [0.1, 0.15) is 17.7 Å². The Kier molecular flexibility index (Phi) is 9.26. The second-order valence-corrected chi connectivity index (χ2v) is 10.3. The highest BCUT2D eigenvalue weighted by Crippen LogP contribution is 2.39. The van der Waals surface area contributed by atoms with E-state index in [1.54, 1.807) is 0 Å². The number of aliphatic hydroxyl groups is 1. The molecule has 0 aliphatic rings. The number of aromatic nitrogens is 3. The van der Waals surface area contributed by atoms with Crippen molar-refractivity contribution >= 4 is 5.91 Å². The van der Waals surface area contributed by atoms with E-state index in [-0.39, 0.29) is 36.7 Å². The maximum absolute atomic E-state index is 14.7. The van der Waals surface area contributed by atoms with Gasteiger partial charge in [0.25, 0.3) is 12.3 Å². The van der Waals surface area contributed by atoms with Crippen LogP contribution in [0, 0.1) is 17.0 Å². The van der Waals surface area contributed by atoms with Crippen molar-refractivity contribution in [3.05, 3.63) is 71.6 Å². The highest BCUT2D eigenvalue weighted by atomic mass is 19.3. The van der Waals surface area contributed by atoms with Crippen molar-refractivity contribution in [2.24, 2.45) is 11.1 Å². The Morgan fingerprint density at radius 3 is 2.37 bits per heavy atom. The lowest BCUT2D eigenvalue weighted by Crippen LogP contribution is -2.48. The molecule has 0 fully saturated rings. The van der Waals surface area contributed by atoms with Gasteiger partial charge in [-0.2, -0.15) is 5.10 Å². The summed E-state index contributed by atoms with van der Waals surface area (Å²) in [5, 5.41) is 14.7. The maximum atomic E-state index is 14.7. The molecular formula is C27H33F4N5O2. The van der Waals surface area contributed by atoms with Crippen molar-refractivity contribution in [2.75, 3.05) is 6.54 Å². The van der Waals surface area contributed by atoms with Gasteiger partial charge in [-0.05, 0) is 42.5 Å². The fourth-order valence-electron chi connectivity index (χ4n) is 4.23. The van der Waals surface area contributed by atoms with E-state index in [1.807, 2.05) is 51.1 Å². The molecule has 3 atom stereocenters. The summed E-state index contributed by atoms with van der Waals surface area (Å²) in [6, 6.07) is 9.74. The van der Waals surface area contributed by atoms with Crippen LogP contribution in [-0.2, 0) is 11.3 Å². The largest absolute Gasteiger partial charge is 0.384 e. The van der Waals surface area contributed by atoms with Crippen molar-refractivity contribution in [3.63, 3.8) is 0 Å². The minimum Gasteiger partial charge on any atom is -0.384 e. The van der Waals surface area contributed by atoms with E-state index in [2.05, 4.69) is 10.1 Å². The number of hydrogen-bond acceptors (Lipinski definition) is 5. The number of halogens is 4. The fourth-order valence-corrected chi connectivity index (χ4v) is 4.23. The Balaban J connectivity index is 2.20. The number of hydrogen-bond donors (Lipinski definition) is 2. The molecule has 3 rings (SSSR count). The van der Waals surface area contributed by atoms with E-state index in [4.69, 9.17) is 5.73 Å². The molecule has 0 bridgehead atoms. The highest BCUT2D eigenvalue weighted by Gasteiger charge is 2.40. The van der Waals surface area contributed by atoms with E-state index in [9.17, 15) is 27.5 Å². The summed E-state index contributed by atoms with van der Waals surface area (Å²) < 4.78 is 56.6. The number of nitrogens with two attached hydrogens (primary N) is 1.